The van der Waals surface area contributed by atoms with Crippen molar-refractivity contribution in [2.75, 3.05) is 0 Å². The molecule has 0 aliphatic carbocycles. The normalized spacial score (nSPS) is 0. The molecule has 5 heteroatoms. The Kier molecular flexibility index (Phi) is 167. The van der Waals surface area contributed by atoms with E-state index in [0.29, 0.717) is 0 Å². The summed E-state index contributed by atoms with van der Waals surface area (Å²) in [5.41, 5.74) is 0. The quantitative estimate of drug-likeness (QED) is 0.360. The Morgan fingerprint density at radius 2 is 1.00 bits per heavy atom. The van der Waals surface area contributed by atoms with Crippen LogP contribution in [-0.2, 0) is 19.5 Å². The van der Waals surface area contributed by atoms with Crippen LogP contribution in [0.25, 0.3) is 0 Å². The average molecular weight is 192 g/mol. The number of rotatable bonds is 0. The Morgan fingerprint density at radius 3 is 1.00 bits per heavy atom. The molecule has 0 aliphatic rings. The van der Waals surface area contributed by atoms with Gasteiger partial charge in [0.2, 0.25) is 0 Å². The molecule has 0 aliphatic heterocycles. The van der Waals surface area contributed by atoms with E-state index in [1.807, 2.05) is 0 Å². The van der Waals surface area contributed by atoms with Crippen LogP contribution in [0.3, 0.4) is 0 Å². The third-order valence-electron chi connectivity index (χ3n) is 0. The van der Waals surface area contributed by atoms with Gasteiger partial charge in [0.25, 0.3) is 0 Å². The van der Waals surface area contributed by atoms with Gasteiger partial charge in [0.1, 0.15) is 0 Å². The van der Waals surface area contributed by atoms with Gasteiger partial charge in [0.15, 0.2) is 0 Å². The summed E-state index contributed by atoms with van der Waals surface area (Å²) in [5.74, 6) is 0. The van der Waals surface area contributed by atoms with E-state index in [4.69, 9.17) is 0 Å². The summed E-state index contributed by atoms with van der Waals surface area (Å²) in [7, 11) is 0. The molecular weight excluding hydrogens is 185 g/mol. The summed E-state index contributed by atoms with van der Waals surface area (Å²) in [5, 5.41) is 0. The van der Waals surface area contributed by atoms with Gasteiger partial charge in [-0.15, -0.1) is 0 Å². The van der Waals surface area contributed by atoms with Gasteiger partial charge in [-0.25, -0.2) is 0 Å². The molecule has 0 spiro atoms. The molecule has 0 aromatic heterocycles. The van der Waals surface area contributed by atoms with Crippen LogP contribution in [0.2, 0.25) is 0 Å². The molecule has 0 amide bonds. The first kappa shape index (κ1) is 34.9. The molecular formula is H7CaKMgOZn. The second kappa shape index (κ2) is 24.0. The Labute approximate surface area is 133 Å². The van der Waals surface area contributed by atoms with E-state index in [-0.39, 0.29) is 137 Å². The molecule has 0 heterocycles. The third kappa shape index (κ3) is 17.8. The monoisotopic (exact) mass is 190 g/mol. The molecule has 0 saturated heterocycles. The summed E-state index contributed by atoms with van der Waals surface area (Å²) in [6, 6.07) is 0. The zero-order chi connectivity index (χ0) is 0. The molecule has 0 atom stereocenters. The fraction of sp³-hybridized carbons (Fsp3) is 0. The van der Waals surface area contributed by atoms with E-state index in [0.717, 1.165) is 0 Å². The molecule has 0 radical (unpaired) electrons. The first-order chi connectivity index (χ1) is 0. The van der Waals surface area contributed by atoms with E-state index in [1.54, 1.807) is 0 Å². The Balaban J connectivity index is 0. The minimum atomic E-state index is 0. The van der Waals surface area contributed by atoms with Crippen LogP contribution in [0.1, 0.15) is 0 Å². The average Bonchev–Trinajstić information content (AvgIpc) is 0. The van der Waals surface area contributed by atoms with Crippen LogP contribution in [0.5, 0.6) is 0 Å². The van der Waals surface area contributed by atoms with Gasteiger partial charge in [0, 0.05) is 19.5 Å². The van der Waals surface area contributed by atoms with E-state index >= 15 is 0 Å². The van der Waals surface area contributed by atoms with Crippen LogP contribution in [0.15, 0.2) is 0 Å². The topological polar surface area (TPSA) is 31.5 Å². The number of hydrogen-bond donors (Lipinski definition) is 0. The molecule has 0 aromatic carbocycles. The molecule has 0 aromatic rings. The maximum absolute atomic E-state index is 0. The van der Waals surface area contributed by atoms with Crippen LogP contribution in [0, 0.1) is 0 Å². The van der Waals surface area contributed by atoms with Gasteiger partial charge in [-0.3, -0.25) is 0 Å². The predicted octanol–water partition coefficient (Wildman–Crippen LogP) is -3.31. The third-order valence-corrected chi connectivity index (χ3v) is 0. The first-order valence-electron chi connectivity index (χ1n) is 0. The van der Waals surface area contributed by atoms with Crippen molar-refractivity contribution in [3.63, 3.8) is 0 Å². The van der Waals surface area contributed by atoms with Crippen molar-refractivity contribution in [1.29, 1.82) is 0 Å². The Morgan fingerprint density at radius 1 is 1.00 bits per heavy atom. The summed E-state index contributed by atoms with van der Waals surface area (Å²) in [6.07, 6.45) is 0. The molecule has 0 bridgehead atoms. The SMILES string of the molecule is O.[CaH2].[KH].[MgH2].[Zn]. The van der Waals surface area contributed by atoms with E-state index in [2.05, 4.69) is 0 Å². The van der Waals surface area contributed by atoms with Crippen molar-refractivity contribution in [3.05, 3.63) is 0 Å². The molecule has 0 fully saturated rings. The molecule has 20 valence electrons. The molecule has 0 unspecified atom stereocenters. The smallest absolute Gasteiger partial charge is 0 e. The van der Waals surface area contributed by atoms with E-state index < -0.39 is 0 Å². The Bertz CT molecular complexity index is 11.6. The minimum Gasteiger partial charge on any atom is 0 e. The van der Waals surface area contributed by atoms with Crippen LogP contribution >= 0.6 is 0 Å². The minimum absolute atomic E-state index is 0. The van der Waals surface area contributed by atoms with E-state index in [1.165, 1.54) is 0 Å². The second-order valence-electron chi connectivity index (χ2n) is 0. The van der Waals surface area contributed by atoms with Crippen LogP contribution in [0.4, 0.5) is 0 Å². The molecule has 1 nitrogen and oxygen atoms in total. The summed E-state index contributed by atoms with van der Waals surface area (Å²) in [6.45, 7) is 0. The summed E-state index contributed by atoms with van der Waals surface area (Å²) < 4.78 is 0. The van der Waals surface area contributed by atoms with Gasteiger partial charge in [0.05, 0.1) is 0 Å². The standard InChI is InChI=1S/Ca.K.Mg.H2O.Zn.5H/h;;;1H2;;;;;;. The first-order valence-corrected chi connectivity index (χ1v) is 0. The maximum Gasteiger partial charge on any atom is 0.316 e. The van der Waals surface area contributed by atoms with Crippen molar-refractivity contribution in [3.8, 4) is 0 Å². The molecule has 0 rings (SSSR count). The van der Waals surface area contributed by atoms with Gasteiger partial charge in [-0.05, 0) is 0 Å². The maximum atomic E-state index is 0. The molecule has 5 heavy (non-hydrogen) atoms. The predicted molar refractivity (Wildman–Crippen MR) is 27.9 cm³/mol. The van der Waals surface area contributed by atoms with Gasteiger partial charge in [-0.1, -0.05) is 0 Å². The van der Waals surface area contributed by atoms with Crippen molar-refractivity contribution in [2.45, 2.75) is 0 Å². The van der Waals surface area contributed by atoms with Gasteiger partial charge in [-0.2, -0.15) is 0 Å². The summed E-state index contributed by atoms with van der Waals surface area (Å²) in [4.78, 5) is 0. The van der Waals surface area contributed by atoms with Gasteiger partial charge < -0.3 is 5.48 Å². The van der Waals surface area contributed by atoms with Crippen molar-refractivity contribution in [2.24, 2.45) is 0 Å². The number of hydrogen-bond acceptors (Lipinski definition) is 0. The van der Waals surface area contributed by atoms with Gasteiger partial charge >= 0.3 is 112 Å². The fourth-order valence-corrected chi connectivity index (χ4v) is 0. The van der Waals surface area contributed by atoms with Crippen molar-refractivity contribution >= 4 is 112 Å². The van der Waals surface area contributed by atoms with E-state index in [9.17, 15) is 0 Å². The van der Waals surface area contributed by atoms with Crippen molar-refractivity contribution < 1.29 is 25.0 Å². The fourth-order valence-electron chi connectivity index (χ4n) is 0. The van der Waals surface area contributed by atoms with Crippen LogP contribution < -0.4 is 0 Å². The Hall–Kier alpha value is 4.25. The zero-order valence-electron chi connectivity index (χ0n) is 1.21. The second-order valence-corrected chi connectivity index (χ2v) is 0. The molecule has 2 N–H and O–H groups in total. The largest absolute Gasteiger partial charge is 0.316 e. The van der Waals surface area contributed by atoms with Crippen molar-refractivity contribution in [1.82, 2.24) is 0 Å². The molecule has 0 saturated carbocycles. The summed E-state index contributed by atoms with van der Waals surface area (Å²) >= 11 is 0. The van der Waals surface area contributed by atoms with Crippen LogP contribution in [-0.4, -0.2) is 118 Å². The zero-order valence-corrected chi connectivity index (χ0v) is 4.17.